The average molecular weight is 531 g/mol. The Balaban J connectivity index is 1.26. The first kappa shape index (κ1) is 24.0. The molecule has 0 bridgehead atoms. The summed E-state index contributed by atoms with van der Waals surface area (Å²) in [6.07, 6.45) is 3.56. The lowest BCUT2D eigenvalue weighted by Crippen LogP contribution is -2.36. The number of hydrogen-bond acceptors (Lipinski definition) is 8. The summed E-state index contributed by atoms with van der Waals surface area (Å²) >= 11 is 3.50. The van der Waals surface area contributed by atoms with Crippen molar-refractivity contribution in [2.24, 2.45) is 0 Å². The van der Waals surface area contributed by atoms with Crippen LogP contribution >= 0.6 is 23.5 Å². The minimum absolute atomic E-state index is 0.0913. The number of benzene rings is 2. The zero-order chi connectivity index (χ0) is 25.2. The smallest absolute Gasteiger partial charge is 0.250 e. The molecule has 4 heterocycles. The number of nitrogens with zero attached hydrogens (tertiary/aromatic N) is 2. The number of morpholine rings is 1. The van der Waals surface area contributed by atoms with E-state index >= 15 is 0 Å². The second-order valence-corrected chi connectivity index (χ2v) is 10.9. The summed E-state index contributed by atoms with van der Waals surface area (Å²) in [6.45, 7) is 3.56. The van der Waals surface area contributed by atoms with Gasteiger partial charge >= 0.3 is 0 Å². The van der Waals surface area contributed by atoms with Gasteiger partial charge in [0.25, 0.3) is 0 Å². The highest BCUT2D eigenvalue weighted by molar-refractivity contribution is 8.05. The number of anilines is 2. The molecular formula is C28H26N4O3S2. The first-order valence-corrected chi connectivity index (χ1v) is 13.7. The fourth-order valence-corrected chi connectivity index (χ4v) is 6.96. The third-order valence-electron chi connectivity index (χ3n) is 6.41. The second kappa shape index (κ2) is 10.5. The van der Waals surface area contributed by atoms with Crippen molar-refractivity contribution in [3.63, 3.8) is 0 Å². The Hall–Kier alpha value is -3.40. The molecule has 4 aromatic rings. The quantitative estimate of drug-likeness (QED) is 0.298. The largest absolute Gasteiger partial charge is 0.496 e. The molecule has 0 unspecified atom stereocenters. The maximum absolute atomic E-state index is 12.6. The van der Waals surface area contributed by atoms with E-state index in [2.05, 4.69) is 62.6 Å². The number of fused-ring (bicyclic) bond motifs is 2. The van der Waals surface area contributed by atoms with Gasteiger partial charge in [-0.3, -0.25) is 9.78 Å². The molecule has 0 saturated carbocycles. The van der Waals surface area contributed by atoms with Gasteiger partial charge in [0, 0.05) is 80.2 Å². The standard InChI is InChI=1S/C28H26N4O3S2/c1-34-23-7-8-29-16-18(23)17-30-19-5-6-24-26(13-19)36-25-4-2-3-21(28(25)37-24)22-14-20(15-27(33)31-22)32-9-11-35-12-10-32/h2-8,13-16,30H,9-12,17H2,1H3,(H,31,33). The Morgan fingerprint density at radius 2 is 1.95 bits per heavy atom. The highest BCUT2D eigenvalue weighted by atomic mass is 32.2. The van der Waals surface area contributed by atoms with Gasteiger partial charge in [0.05, 0.1) is 26.0 Å². The molecule has 1 fully saturated rings. The Bertz CT molecular complexity index is 1500. The summed E-state index contributed by atoms with van der Waals surface area (Å²) in [5.41, 5.74) is 4.78. The lowest BCUT2D eigenvalue weighted by atomic mass is 10.1. The average Bonchev–Trinajstić information content (AvgIpc) is 2.95. The molecule has 2 aliphatic rings. The zero-order valence-corrected chi connectivity index (χ0v) is 22.0. The Morgan fingerprint density at radius 1 is 1.05 bits per heavy atom. The second-order valence-electron chi connectivity index (χ2n) is 8.76. The van der Waals surface area contributed by atoms with Gasteiger partial charge in [-0.2, -0.15) is 0 Å². The Kier molecular flexibility index (Phi) is 6.82. The minimum atomic E-state index is -0.0913. The highest BCUT2D eigenvalue weighted by Gasteiger charge is 2.22. The minimum Gasteiger partial charge on any atom is -0.496 e. The summed E-state index contributed by atoms with van der Waals surface area (Å²) in [5.74, 6) is 0.822. The van der Waals surface area contributed by atoms with Crippen LogP contribution < -0.4 is 20.5 Å². The van der Waals surface area contributed by atoms with Crippen LogP contribution in [0.25, 0.3) is 11.3 Å². The number of H-pyrrole nitrogens is 1. The molecule has 7 nitrogen and oxygen atoms in total. The van der Waals surface area contributed by atoms with Crippen LogP contribution in [0.4, 0.5) is 11.4 Å². The molecule has 2 N–H and O–H groups in total. The molecule has 0 radical (unpaired) electrons. The predicted octanol–water partition coefficient (Wildman–Crippen LogP) is 5.51. The van der Waals surface area contributed by atoms with Crippen LogP contribution in [0.15, 0.2) is 91.4 Å². The molecule has 0 atom stereocenters. The Labute approximate surface area is 223 Å². The molecule has 1 saturated heterocycles. The molecule has 37 heavy (non-hydrogen) atoms. The summed E-state index contributed by atoms with van der Waals surface area (Å²) in [6, 6.07) is 18.4. The number of hydrogen-bond donors (Lipinski definition) is 2. The number of ether oxygens (including phenoxy) is 2. The first-order chi connectivity index (χ1) is 18.2. The fraction of sp³-hybridized carbons (Fsp3) is 0.214. The molecular weight excluding hydrogens is 504 g/mol. The fourth-order valence-electron chi connectivity index (χ4n) is 4.55. The van der Waals surface area contributed by atoms with Crippen LogP contribution in [-0.4, -0.2) is 43.4 Å². The molecule has 0 spiro atoms. The summed E-state index contributed by atoms with van der Waals surface area (Å²) in [5, 5.41) is 3.49. The molecule has 6 rings (SSSR count). The van der Waals surface area contributed by atoms with E-state index in [4.69, 9.17) is 9.47 Å². The van der Waals surface area contributed by atoms with Crippen LogP contribution in [0.5, 0.6) is 5.75 Å². The van der Waals surface area contributed by atoms with Crippen molar-refractivity contribution in [3.05, 3.63) is 82.9 Å². The molecule has 2 aliphatic heterocycles. The van der Waals surface area contributed by atoms with Gasteiger partial charge in [-0.15, -0.1) is 0 Å². The maximum atomic E-state index is 12.6. The normalized spacial score (nSPS) is 14.6. The molecule has 188 valence electrons. The lowest BCUT2D eigenvalue weighted by molar-refractivity contribution is 0.122. The van der Waals surface area contributed by atoms with Crippen molar-refractivity contribution in [3.8, 4) is 17.0 Å². The van der Waals surface area contributed by atoms with Crippen LogP contribution in [0.3, 0.4) is 0 Å². The lowest BCUT2D eigenvalue weighted by Gasteiger charge is -2.29. The van der Waals surface area contributed by atoms with Crippen molar-refractivity contribution in [2.45, 2.75) is 26.1 Å². The van der Waals surface area contributed by atoms with Gasteiger partial charge in [-0.25, -0.2) is 0 Å². The van der Waals surface area contributed by atoms with Crippen LogP contribution in [0.1, 0.15) is 5.56 Å². The van der Waals surface area contributed by atoms with E-state index in [0.717, 1.165) is 51.9 Å². The van der Waals surface area contributed by atoms with Crippen molar-refractivity contribution in [1.29, 1.82) is 0 Å². The molecule has 2 aromatic heterocycles. The third kappa shape index (κ3) is 5.07. The molecule has 2 aromatic carbocycles. The molecule has 9 heteroatoms. The molecule has 0 amide bonds. The maximum Gasteiger partial charge on any atom is 0.250 e. The van der Waals surface area contributed by atoms with Gasteiger partial charge in [-0.05, 0) is 36.4 Å². The van der Waals surface area contributed by atoms with Gasteiger partial charge in [-0.1, -0.05) is 35.7 Å². The van der Waals surface area contributed by atoms with Gasteiger partial charge < -0.3 is 24.7 Å². The number of aromatic nitrogens is 2. The zero-order valence-electron chi connectivity index (χ0n) is 20.3. The highest BCUT2D eigenvalue weighted by Crippen LogP contribution is 2.52. The van der Waals surface area contributed by atoms with Crippen molar-refractivity contribution >= 4 is 34.9 Å². The van der Waals surface area contributed by atoms with Gasteiger partial charge in [0.2, 0.25) is 5.56 Å². The summed E-state index contributed by atoms with van der Waals surface area (Å²) in [7, 11) is 1.67. The predicted molar refractivity (Wildman–Crippen MR) is 148 cm³/mol. The van der Waals surface area contributed by atoms with Crippen molar-refractivity contribution in [2.75, 3.05) is 43.6 Å². The van der Waals surface area contributed by atoms with Crippen molar-refractivity contribution in [1.82, 2.24) is 9.97 Å². The number of pyridine rings is 2. The summed E-state index contributed by atoms with van der Waals surface area (Å²) in [4.78, 5) is 26.8. The monoisotopic (exact) mass is 530 g/mol. The van der Waals surface area contributed by atoms with E-state index in [9.17, 15) is 4.79 Å². The summed E-state index contributed by atoms with van der Waals surface area (Å²) < 4.78 is 10.9. The topological polar surface area (TPSA) is 79.5 Å². The van der Waals surface area contributed by atoms with E-state index in [1.807, 2.05) is 12.3 Å². The first-order valence-electron chi connectivity index (χ1n) is 12.1. The Morgan fingerprint density at radius 3 is 2.81 bits per heavy atom. The third-order valence-corrected chi connectivity index (χ3v) is 9.01. The van der Waals surface area contributed by atoms with Gasteiger partial charge in [0.15, 0.2) is 0 Å². The number of aromatic amines is 1. The van der Waals surface area contributed by atoms with Crippen molar-refractivity contribution < 1.29 is 9.47 Å². The van der Waals surface area contributed by atoms with Crippen LogP contribution in [0.2, 0.25) is 0 Å². The van der Waals surface area contributed by atoms with E-state index in [1.54, 1.807) is 42.9 Å². The number of nitrogens with one attached hydrogen (secondary N) is 2. The van der Waals surface area contributed by atoms with Gasteiger partial charge in [0.1, 0.15) is 5.75 Å². The van der Waals surface area contributed by atoms with Crippen LogP contribution in [-0.2, 0) is 11.3 Å². The van der Waals surface area contributed by atoms with E-state index < -0.39 is 0 Å². The number of methoxy groups -OCH3 is 1. The SMILES string of the molecule is COc1ccncc1CNc1ccc2c(c1)Sc1cccc(-c3cc(N4CCOCC4)cc(=O)[nH]3)c1S2. The van der Waals surface area contributed by atoms with E-state index in [-0.39, 0.29) is 5.56 Å². The van der Waals surface area contributed by atoms with Crippen LogP contribution in [0, 0.1) is 0 Å². The van der Waals surface area contributed by atoms with E-state index in [1.165, 1.54) is 14.7 Å². The van der Waals surface area contributed by atoms with E-state index in [0.29, 0.717) is 19.8 Å². The number of rotatable bonds is 6. The molecule has 0 aliphatic carbocycles.